The molecule has 2 aromatic rings. The summed E-state index contributed by atoms with van der Waals surface area (Å²) in [5.41, 5.74) is 3.71. The number of carbonyl (C=O) groups is 1. The number of rotatable bonds is 10. The van der Waals surface area contributed by atoms with Gasteiger partial charge in [0.15, 0.2) is 0 Å². The van der Waals surface area contributed by atoms with Crippen molar-refractivity contribution in [2.24, 2.45) is 0 Å². The second-order valence-corrected chi connectivity index (χ2v) is 8.26. The van der Waals surface area contributed by atoms with E-state index < -0.39 is 24.6 Å². The van der Waals surface area contributed by atoms with Crippen molar-refractivity contribution in [2.75, 3.05) is 6.61 Å². The Morgan fingerprint density at radius 2 is 1.63 bits per heavy atom. The molecule has 2 rings (SSSR count). The van der Waals surface area contributed by atoms with Crippen LogP contribution in [0.15, 0.2) is 36.4 Å². The van der Waals surface area contributed by atoms with Crippen LogP contribution in [0.5, 0.6) is 5.75 Å². The zero-order valence-electron chi connectivity index (χ0n) is 17.9. The number of carboxylic acids is 1. The van der Waals surface area contributed by atoms with Crippen LogP contribution in [-0.2, 0) is 4.79 Å². The number of benzene rings is 2. The molecule has 0 saturated heterocycles. The molecule has 0 bridgehead atoms. The average molecular weight is 419 g/mol. The van der Waals surface area contributed by atoms with E-state index in [2.05, 4.69) is 19.9 Å². The normalized spacial score (nSPS) is 13.5. The van der Waals surface area contributed by atoms with E-state index in [0.717, 1.165) is 22.3 Å². The van der Waals surface area contributed by atoms with Gasteiger partial charge in [-0.1, -0.05) is 45.9 Å². The largest absolute Gasteiger partial charge is 0.490 e. The standard InChI is InChI=1S/C24H31FO5/c1-14(2)17-9-21(15(3)4)24(22(10-17)16-5-7-18(25)8-6-16)30-13-20(27)11-19(26)12-23(28)29/h5-10,14-15,19-20,26-27H,11-13H2,1-4H3,(H,28,29)/t19-,20?/m1/s1. The molecule has 2 atom stereocenters. The first-order valence-electron chi connectivity index (χ1n) is 10.2. The van der Waals surface area contributed by atoms with Gasteiger partial charge >= 0.3 is 5.97 Å². The van der Waals surface area contributed by atoms with E-state index in [1.807, 2.05) is 19.9 Å². The summed E-state index contributed by atoms with van der Waals surface area (Å²) in [5, 5.41) is 28.7. The fourth-order valence-corrected chi connectivity index (χ4v) is 3.29. The molecule has 1 unspecified atom stereocenters. The minimum atomic E-state index is -1.15. The summed E-state index contributed by atoms with van der Waals surface area (Å²) >= 11 is 0. The zero-order chi connectivity index (χ0) is 22.4. The summed E-state index contributed by atoms with van der Waals surface area (Å²) in [4.78, 5) is 10.7. The Morgan fingerprint density at radius 3 is 2.17 bits per heavy atom. The minimum absolute atomic E-state index is 0.0916. The summed E-state index contributed by atoms with van der Waals surface area (Å²) in [6.07, 6.45) is -2.70. The van der Waals surface area contributed by atoms with Gasteiger partial charge in [0.1, 0.15) is 18.2 Å². The summed E-state index contributed by atoms with van der Waals surface area (Å²) in [5.74, 6) is -0.415. The lowest BCUT2D eigenvalue weighted by Gasteiger charge is -2.23. The Hall–Kier alpha value is -2.44. The van der Waals surface area contributed by atoms with Gasteiger partial charge in [0, 0.05) is 12.0 Å². The van der Waals surface area contributed by atoms with Gasteiger partial charge in [0.25, 0.3) is 0 Å². The third kappa shape index (κ3) is 6.54. The third-order valence-electron chi connectivity index (χ3n) is 4.96. The summed E-state index contributed by atoms with van der Waals surface area (Å²) in [6, 6.07) is 10.3. The number of ether oxygens (including phenoxy) is 1. The van der Waals surface area contributed by atoms with Gasteiger partial charge < -0.3 is 20.1 Å². The number of aliphatic hydroxyl groups is 2. The number of hydrogen-bond acceptors (Lipinski definition) is 4. The fourth-order valence-electron chi connectivity index (χ4n) is 3.29. The molecule has 0 saturated carbocycles. The highest BCUT2D eigenvalue weighted by atomic mass is 19.1. The number of hydrogen-bond donors (Lipinski definition) is 3. The van der Waals surface area contributed by atoms with Crippen molar-refractivity contribution < 1.29 is 29.2 Å². The molecule has 5 nitrogen and oxygen atoms in total. The van der Waals surface area contributed by atoms with Crippen LogP contribution in [0.2, 0.25) is 0 Å². The topological polar surface area (TPSA) is 87.0 Å². The van der Waals surface area contributed by atoms with Gasteiger partial charge in [-0.25, -0.2) is 4.39 Å². The van der Waals surface area contributed by atoms with E-state index in [4.69, 9.17) is 9.84 Å². The van der Waals surface area contributed by atoms with E-state index >= 15 is 0 Å². The molecule has 2 aromatic carbocycles. The van der Waals surface area contributed by atoms with Crippen LogP contribution in [0.4, 0.5) is 4.39 Å². The molecule has 164 valence electrons. The van der Waals surface area contributed by atoms with E-state index in [1.165, 1.54) is 12.1 Å². The Bertz CT molecular complexity index is 845. The molecule has 0 aliphatic rings. The minimum Gasteiger partial charge on any atom is -0.490 e. The summed E-state index contributed by atoms with van der Waals surface area (Å²) < 4.78 is 19.5. The highest BCUT2D eigenvalue weighted by Crippen LogP contribution is 2.40. The quantitative estimate of drug-likeness (QED) is 0.520. The van der Waals surface area contributed by atoms with Crippen LogP contribution >= 0.6 is 0 Å². The van der Waals surface area contributed by atoms with E-state index in [9.17, 15) is 19.4 Å². The highest BCUT2D eigenvalue weighted by Gasteiger charge is 2.20. The molecule has 0 spiro atoms. The Labute approximate surface area is 177 Å². The van der Waals surface area contributed by atoms with E-state index in [1.54, 1.807) is 12.1 Å². The lowest BCUT2D eigenvalue weighted by molar-refractivity contribution is -0.139. The van der Waals surface area contributed by atoms with Gasteiger partial charge in [0.2, 0.25) is 0 Å². The van der Waals surface area contributed by atoms with E-state index in [0.29, 0.717) is 5.75 Å². The Morgan fingerprint density at radius 1 is 1.00 bits per heavy atom. The second-order valence-electron chi connectivity index (χ2n) is 8.26. The van der Waals surface area contributed by atoms with Crippen LogP contribution in [0.3, 0.4) is 0 Å². The molecule has 0 aromatic heterocycles. The third-order valence-corrected chi connectivity index (χ3v) is 4.96. The predicted molar refractivity (Wildman–Crippen MR) is 114 cm³/mol. The van der Waals surface area contributed by atoms with Crippen molar-refractivity contribution >= 4 is 5.97 Å². The first kappa shape index (κ1) is 23.8. The van der Waals surface area contributed by atoms with Crippen LogP contribution in [0.1, 0.15) is 63.5 Å². The van der Waals surface area contributed by atoms with Crippen LogP contribution in [0.25, 0.3) is 11.1 Å². The SMILES string of the molecule is CC(C)c1cc(-c2ccc(F)cc2)c(OCC(O)C[C@@H](O)CC(=O)O)c(C(C)C)c1. The predicted octanol–water partition coefficient (Wildman–Crippen LogP) is 4.70. The first-order valence-corrected chi connectivity index (χ1v) is 10.2. The van der Waals surface area contributed by atoms with Gasteiger partial charge in [-0.3, -0.25) is 4.79 Å². The number of carboxylic acid groups (broad SMARTS) is 1. The van der Waals surface area contributed by atoms with Crippen molar-refractivity contribution in [2.45, 2.75) is 64.6 Å². The molecule has 0 aliphatic heterocycles. The van der Waals surface area contributed by atoms with Crippen molar-refractivity contribution in [1.29, 1.82) is 0 Å². The lowest BCUT2D eigenvalue weighted by Crippen LogP contribution is -2.26. The summed E-state index contributed by atoms with van der Waals surface area (Å²) in [7, 11) is 0. The molecule has 30 heavy (non-hydrogen) atoms. The van der Waals surface area contributed by atoms with Crippen LogP contribution in [-0.4, -0.2) is 40.1 Å². The van der Waals surface area contributed by atoms with Gasteiger partial charge in [-0.05, 0) is 46.7 Å². The molecule has 0 amide bonds. The molecular weight excluding hydrogens is 387 g/mol. The molecule has 3 N–H and O–H groups in total. The monoisotopic (exact) mass is 418 g/mol. The Kier molecular flexibility index (Phi) is 8.38. The molecule has 6 heteroatoms. The first-order chi connectivity index (χ1) is 14.1. The van der Waals surface area contributed by atoms with Crippen LogP contribution in [0, 0.1) is 5.82 Å². The van der Waals surface area contributed by atoms with Crippen molar-refractivity contribution in [3.05, 3.63) is 53.3 Å². The average Bonchev–Trinajstić information content (AvgIpc) is 2.65. The lowest BCUT2D eigenvalue weighted by atomic mass is 9.89. The van der Waals surface area contributed by atoms with Gasteiger partial charge in [-0.15, -0.1) is 0 Å². The number of aliphatic carboxylic acids is 1. The molecule has 0 fully saturated rings. The molecule has 0 aliphatic carbocycles. The molecule has 0 radical (unpaired) electrons. The fraction of sp³-hybridized carbons (Fsp3) is 0.458. The van der Waals surface area contributed by atoms with Gasteiger partial charge in [0.05, 0.1) is 18.6 Å². The Balaban J connectivity index is 2.38. The summed E-state index contributed by atoms with van der Waals surface area (Å²) in [6.45, 7) is 8.21. The van der Waals surface area contributed by atoms with Crippen LogP contribution < -0.4 is 4.74 Å². The second kappa shape index (κ2) is 10.5. The maximum atomic E-state index is 13.5. The van der Waals surface area contributed by atoms with Gasteiger partial charge in [-0.2, -0.15) is 0 Å². The molecule has 0 heterocycles. The van der Waals surface area contributed by atoms with Crippen molar-refractivity contribution in [1.82, 2.24) is 0 Å². The molecular formula is C24H31FO5. The van der Waals surface area contributed by atoms with Crippen molar-refractivity contribution in [3.63, 3.8) is 0 Å². The number of aliphatic hydroxyl groups excluding tert-OH is 2. The maximum Gasteiger partial charge on any atom is 0.305 e. The van der Waals surface area contributed by atoms with E-state index in [-0.39, 0.29) is 30.7 Å². The highest BCUT2D eigenvalue weighted by molar-refractivity contribution is 5.74. The smallest absolute Gasteiger partial charge is 0.305 e. The zero-order valence-corrected chi connectivity index (χ0v) is 17.9. The maximum absolute atomic E-state index is 13.5. The number of halogens is 1. The van der Waals surface area contributed by atoms with Crippen molar-refractivity contribution in [3.8, 4) is 16.9 Å².